The number of anilines is 1. The van der Waals surface area contributed by atoms with E-state index in [1.807, 2.05) is 19.1 Å². The Kier molecular flexibility index (Phi) is 5.97. The van der Waals surface area contributed by atoms with Crippen molar-refractivity contribution in [3.8, 4) is 5.75 Å². The van der Waals surface area contributed by atoms with Crippen LogP contribution in [0.1, 0.15) is 43.7 Å². The van der Waals surface area contributed by atoms with Crippen molar-refractivity contribution in [3.05, 3.63) is 80.9 Å². The Labute approximate surface area is 199 Å². The van der Waals surface area contributed by atoms with Gasteiger partial charge in [-0.3, -0.25) is 14.5 Å². The second-order valence-corrected chi connectivity index (χ2v) is 8.96. The first-order chi connectivity index (χ1) is 16.1. The highest BCUT2D eigenvalue weighted by Crippen LogP contribution is 2.44. The molecule has 1 aliphatic heterocycles. The van der Waals surface area contributed by atoms with Crippen LogP contribution in [0, 0.1) is 20.8 Å². The van der Waals surface area contributed by atoms with Crippen molar-refractivity contribution in [1.29, 1.82) is 0 Å². The van der Waals surface area contributed by atoms with E-state index in [0.717, 1.165) is 27.4 Å². The lowest BCUT2D eigenvalue weighted by Crippen LogP contribution is -2.29. The van der Waals surface area contributed by atoms with Crippen LogP contribution in [0.3, 0.4) is 0 Å². The number of carbonyl (C=O) groups is 3. The van der Waals surface area contributed by atoms with Crippen LogP contribution >= 0.6 is 11.3 Å². The summed E-state index contributed by atoms with van der Waals surface area (Å²) in [5.41, 5.74) is 2.64. The molecule has 0 spiro atoms. The van der Waals surface area contributed by atoms with Crippen molar-refractivity contribution in [2.24, 2.45) is 0 Å². The Morgan fingerprint density at radius 2 is 1.85 bits per heavy atom. The number of Topliss-reactive ketones (excluding diaryl/α,β-unsaturated/α-hetero) is 1. The predicted octanol–water partition coefficient (Wildman–Crippen LogP) is 4.19. The third kappa shape index (κ3) is 3.84. The van der Waals surface area contributed by atoms with Crippen LogP contribution in [0.15, 0.2) is 48.0 Å². The van der Waals surface area contributed by atoms with Crippen LogP contribution in [-0.2, 0) is 14.3 Å². The summed E-state index contributed by atoms with van der Waals surface area (Å²) in [5, 5.41) is 21.5. The number of ketones is 1. The summed E-state index contributed by atoms with van der Waals surface area (Å²) < 4.78 is 4.79. The first kappa shape index (κ1) is 23.2. The minimum atomic E-state index is -1.07. The molecule has 1 saturated heterocycles. The number of phenols is 1. The SMILES string of the molecule is COC(=O)c1sc(N2C(=O)C(=O)C(=C(O)c3cc(C)ccc3C)C2c2cccc(O)c2)nc1C. The third-order valence-electron chi connectivity index (χ3n) is 5.64. The fourth-order valence-electron chi connectivity index (χ4n) is 3.94. The number of rotatable bonds is 4. The number of aryl methyl sites for hydroxylation is 3. The molecule has 0 bridgehead atoms. The van der Waals surface area contributed by atoms with Gasteiger partial charge in [0.25, 0.3) is 5.78 Å². The minimum absolute atomic E-state index is 0.0691. The third-order valence-corrected chi connectivity index (χ3v) is 6.78. The summed E-state index contributed by atoms with van der Waals surface area (Å²) >= 11 is 0.914. The molecule has 9 heteroatoms. The number of aliphatic hydroxyl groups is 1. The van der Waals surface area contributed by atoms with Crippen molar-refractivity contribution in [2.45, 2.75) is 26.8 Å². The lowest BCUT2D eigenvalue weighted by atomic mass is 9.93. The highest BCUT2D eigenvalue weighted by Gasteiger charge is 2.48. The number of hydrogen-bond donors (Lipinski definition) is 2. The standard InChI is InChI=1S/C25H22N2O6S/c1-12-8-9-13(2)17(10-12)20(29)18-19(15-6-5-7-16(28)11-15)27(23(31)21(18)30)25-26-14(3)22(34-25)24(32)33-4/h5-11,19,28-29H,1-4H3. The predicted molar refractivity (Wildman–Crippen MR) is 127 cm³/mol. The maximum Gasteiger partial charge on any atom is 0.350 e. The first-order valence-corrected chi connectivity index (χ1v) is 11.2. The Balaban J connectivity index is 1.98. The molecule has 4 rings (SSSR count). The first-order valence-electron chi connectivity index (χ1n) is 10.4. The summed E-state index contributed by atoms with van der Waals surface area (Å²) in [6.45, 7) is 5.25. The van der Waals surface area contributed by atoms with Crippen LogP contribution < -0.4 is 4.90 Å². The normalized spacial score (nSPS) is 17.3. The summed E-state index contributed by atoms with van der Waals surface area (Å²) in [4.78, 5) is 44.3. The van der Waals surface area contributed by atoms with E-state index in [1.165, 1.54) is 19.2 Å². The minimum Gasteiger partial charge on any atom is -0.508 e. The molecule has 0 aliphatic carbocycles. The molecule has 2 N–H and O–H groups in total. The van der Waals surface area contributed by atoms with Crippen molar-refractivity contribution < 1.29 is 29.3 Å². The number of methoxy groups -OCH3 is 1. The van der Waals surface area contributed by atoms with Gasteiger partial charge in [-0.1, -0.05) is 41.2 Å². The highest BCUT2D eigenvalue weighted by atomic mass is 32.1. The van der Waals surface area contributed by atoms with Gasteiger partial charge in [0.1, 0.15) is 16.4 Å². The van der Waals surface area contributed by atoms with Gasteiger partial charge in [0.15, 0.2) is 5.13 Å². The number of aromatic nitrogens is 1. The maximum absolute atomic E-state index is 13.3. The number of amides is 1. The van der Waals surface area contributed by atoms with Gasteiger partial charge in [0, 0.05) is 5.56 Å². The molecular formula is C25H22N2O6S. The maximum atomic E-state index is 13.3. The van der Waals surface area contributed by atoms with E-state index < -0.39 is 23.7 Å². The fourth-order valence-corrected chi connectivity index (χ4v) is 4.96. The van der Waals surface area contributed by atoms with Crippen LogP contribution in [0.25, 0.3) is 5.76 Å². The molecule has 8 nitrogen and oxygen atoms in total. The zero-order valence-corrected chi connectivity index (χ0v) is 19.8. The lowest BCUT2D eigenvalue weighted by molar-refractivity contribution is -0.132. The van der Waals surface area contributed by atoms with Gasteiger partial charge in [-0.2, -0.15) is 0 Å². The second-order valence-electron chi connectivity index (χ2n) is 7.99. The molecular weight excluding hydrogens is 456 g/mol. The molecule has 1 aliphatic rings. The van der Waals surface area contributed by atoms with Gasteiger partial charge in [-0.25, -0.2) is 9.78 Å². The number of thiazole rings is 1. The summed E-state index contributed by atoms with van der Waals surface area (Å²) in [6.07, 6.45) is 0. The van der Waals surface area contributed by atoms with E-state index in [0.29, 0.717) is 16.8 Å². The Bertz CT molecular complexity index is 1370. The number of aromatic hydroxyl groups is 1. The topological polar surface area (TPSA) is 117 Å². The average Bonchev–Trinajstić information content (AvgIpc) is 3.31. The molecule has 0 radical (unpaired) electrons. The van der Waals surface area contributed by atoms with Gasteiger partial charge in [0.2, 0.25) is 0 Å². The Hall–Kier alpha value is -3.98. The van der Waals surface area contributed by atoms with Crippen molar-refractivity contribution in [3.63, 3.8) is 0 Å². The monoisotopic (exact) mass is 478 g/mol. The largest absolute Gasteiger partial charge is 0.508 e. The van der Waals surface area contributed by atoms with Gasteiger partial charge in [-0.15, -0.1) is 0 Å². The number of ether oxygens (including phenoxy) is 1. The lowest BCUT2D eigenvalue weighted by Gasteiger charge is -2.23. The smallest absolute Gasteiger partial charge is 0.350 e. The van der Waals surface area contributed by atoms with Crippen LogP contribution in [0.5, 0.6) is 5.75 Å². The number of nitrogens with zero attached hydrogens (tertiary/aromatic N) is 2. The number of hydrogen-bond acceptors (Lipinski definition) is 8. The van der Waals surface area contributed by atoms with E-state index in [-0.39, 0.29) is 27.1 Å². The zero-order valence-electron chi connectivity index (χ0n) is 18.9. The molecule has 1 atom stereocenters. The second kappa shape index (κ2) is 8.75. The number of carbonyl (C=O) groups excluding carboxylic acids is 3. The molecule has 1 amide bonds. The summed E-state index contributed by atoms with van der Waals surface area (Å²) in [6, 6.07) is 10.5. The van der Waals surface area contributed by atoms with Crippen molar-refractivity contribution >= 4 is 39.9 Å². The molecule has 34 heavy (non-hydrogen) atoms. The molecule has 2 aromatic carbocycles. The van der Waals surface area contributed by atoms with E-state index >= 15 is 0 Å². The summed E-state index contributed by atoms with van der Waals surface area (Å²) in [5.74, 6) is -2.79. The van der Waals surface area contributed by atoms with Crippen LogP contribution in [-0.4, -0.2) is 40.0 Å². The van der Waals surface area contributed by atoms with Gasteiger partial charge >= 0.3 is 11.9 Å². The van der Waals surface area contributed by atoms with E-state index in [2.05, 4.69) is 4.98 Å². The quantitative estimate of drug-likeness (QED) is 0.250. The number of phenolic OH excluding ortho intramolecular Hbond substituents is 1. The number of aliphatic hydroxyl groups excluding tert-OH is 1. The van der Waals surface area contributed by atoms with E-state index in [4.69, 9.17) is 4.74 Å². The fraction of sp³-hybridized carbons (Fsp3) is 0.200. The molecule has 2 heterocycles. The van der Waals surface area contributed by atoms with Crippen LogP contribution in [0.2, 0.25) is 0 Å². The van der Waals surface area contributed by atoms with Gasteiger partial charge in [-0.05, 0) is 50.1 Å². The van der Waals surface area contributed by atoms with E-state index in [1.54, 1.807) is 32.0 Å². The molecule has 1 unspecified atom stereocenters. The van der Waals surface area contributed by atoms with Gasteiger partial charge in [0.05, 0.1) is 24.4 Å². The Morgan fingerprint density at radius 1 is 1.12 bits per heavy atom. The number of benzene rings is 2. The van der Waals surface area contributed by atoms with Crippen molar-refractivity contribution in [2.75, 3.05) is 12.0 Å². The molecule has 0 saturated carbocycles. The highest BCUT2D eigenvalue weighted by molar-refractivity contribution is 7.17. The molecule has 1 aromatic heterocycles. The van der Waals surface area contributed by atoms with Crippen molar-refractivity contribution in [1.82, 2.24) is 4.98 Å². The average molecular weight is 479 g/mol. The molecule has 1 fully saturated rings. The molecule has 174 valence electrons. The summed E-state index contributed by atoms with van der Waals surface area (Å²) in [7, 11) is 1.24. The number of esters is 1. The zero-order chi connectivity index (χ0) is 24.7. The van der Waals surface area contributed by atoms with Crippen LogP contribution in [0.4, 0.5) is 5.13 Å². The Morgan fingerprint density at radius 3 is 2.53 bits per heavy atom. The molecule has 3 aromatic rings. The van der Waals surface area contributed by atoms with Gasteiger partial charge < -0.3 is 14.9 Å². The van der Waals surface area contributed by atoms with E-state index in [9.17, 15) is 24.6 Å².